The van der Waals surface area contributed by atoms with Gasteiger partial charge in [0.05, 0.1) is 25.6 Å². The fraction of sp³-hybridized carbons (Fsp3) is 0.208. The van der Waals surface area contributed by atoms with Crippen molar-refractivity contribution in [3.8, 4) is 17.2 Å². The van der Waals surface area contributed by atoms with Gasteiger partial charge in [-0.05, 0) is 44.2 Å². The molecule has 0 fully saturated rings. The molecule has 9 nitrogen and oxygen atoms in total. The number of carbonyl (C=O) groups is 1. The Bertz CT molecular complexity index is 1290. The quantitative estimate of drug-likeness (QED) is 0.298. The first-order chi connectivity index (χ1) is 16.5. The minimum absolute atomic E-state index is 0.218. The molecule has 0 unspecified atom stereocenters. The van der Waals surface area contributed by atoms with Gasteiger partial charge in [-0.3, -0.25) is 4.79 Å². The van der Waals surface area contributed by atoms with Crippen molar-refractivity contribution in [2.45, 2.75) is 24.8 Å². The number of methoxy groups -OCH3 is 2. The average Bonchev–Trinajstić information content (AvgIpc) is 3.26. The van der Waals surface area contributed by atoms with E-state index in [0.29, 0.717) is 33.8 Å². The summed E-state index contributed by atoms with van der Waals surface area (Å²) in [5, 5.41) is 12.0. The van der Waals surface area contributed by atoms with Gasteiger partial charge < -0.3 is 14.8 Å². The molecule has 0 saturated heterocycles. The predicted octanol–water partition coefficient (Wildman–Crippen LogP) is 4.24. The number of nitrogens with one attached hydrogen (secondary N) is 1. The van der Waals surface area contributed by atoms with Gasteiger partial charge in [0.25, 0.3) is 5.91 Å². The van der Waals surface area contributed by atoms with Crippen LogP contribution in [0.5, 0.6) is 11.5 Å². The SMILES string of the molecule is COc1ccc(NC(=O)c2nnn(-c3ccccc3)c2CSc2nc(C)cc(C)n2)cc1OC. The zero-order chi connectivity index (χ0) is 24.1. The summed E-state index contributed by atoms with van der Waals surface area (Å²) in [6, 6.07) is 16.6. The Kier molecular flexibility index (Phi) is 7.07. The number of hydrogen-bond donors (Lipinski definition) is 1. The van der Waals surface area contributed by atoms with Crippen molar-refractivity contribution in [3.63, 3.8) is 0 Å². The van der Waals surface area contributed by atoms with Crippen LogP contribution in [0.1, 0.15) is 27.6 Å². The number of ether oxygens (including phenoxy) is 2. The zero-order valence-corrected chi connectivity index (χ0v) is 20.1. The van der Waals surface area contributed by atoms with Gasteiger partial charge in [-0.25, -0.2) is 14.6 Å². The maximum Gasteiger partial charge on any atom is 0.278 e. The van der Waals surface area contributed by atoms with Crippen LogP contribution in [-0.2, 0) is 5.75 Å². The number of aromatic nitrogens is 5. The summed E-state index contributed by atoms with van der Waals surface area (Å²) in [6.45, 7) is 3.85. The summed E-state index contributed by atoms with van der Waals surface area (Å²) in [5.74, 6) is 1.10. The molecule has 0 atom stereocenters. The van der Waals surface area contributed by atoms with Crippen LogP contribution in [0.15, 0.2) is 59.8 Å². The lowest BCUT2D eigenvalue weighted by Gasteiger charge is -2.11. The number of para-hydroxylation sites is 1. The molecule has 174 valence electrons. The monoisotopic (exact) mass is 476 g/mol. The summed E-state index contributed by atoms with van der Waals surface area (Å²) in [6.07, 6.45) is 0. The molecule has 10 heteroatoms. The minimum Gasteiger partial charge on any atom is -0.493 e. The normalized spacial score (nSPS) is 10.7. The van der Waals surface area contributed by atoms with E-state index in [1.54, 1.807) is 37.1 Å². The van der Waals surface area contributed by atoms with E-state index in [1.165, 1.54) is 11.8 Å². The first kappa shape index (κ1) is 23.2. The van der Waals surface area contributed by atoms with Crippen molar-refractivity contribution >= 4 is 23.4 Å². The summed E-state index contributed by atoms with van der Waals surface area (Å²) < 4.78 is 12.3. The molecule has 0 radical (unpaired) electrons. The van der Waals surface area contributed by atoms with Gasteiger partial charge in [-0.1, -0.05) is 35.2 Å². The summed E-state index contributed by atoms with van der Waals surface area (Å²) in [4.78, 5) is 22.2. The van der Waals surface area contributed by atoms with Crippen LogP contribution < -0.4 is 14.8 Å². The van der Waals surface area contributed by atoms with Crippen LogP contribution in [0.4, 0.5) is 5.69 Å². The van der Waals surface area contributed by atoms with Crippen LogP contribution in [0.2, 0.25) is 0 Å². The molecular weight excluding hydrogens is 452 g/mol. The highest BCUT2D eigenvalue weighted by Gasteiger charge is 2.22. The van der Waals surface area contributed by atoms with Crippen molar-refractivity contribution in [1.82, 2.24) is 25.0 Å². The number of rotatable bonds is 8. The Morgan fingerprint density at radius 1 is 0.971 bits per heavy atom. The fourth-order valence-electron chi connectivity index (χ4n) is 3.38. The van der Waals surface area contributed by atoms with Gasteiger partial charge in [0.2, 0.25) is 0 Å². The zero-order valence-electron chi connectivity index (χ0n) is 19.3. The summed E-state index contributed by atoms with van der Waals surface area (Å²) in [5.41, 5.74) is 3.98. The number of amides is 1. The third-order valence-electron chi connectivity index (χ3n) is 4.92. The van der Waals surface area contributed by atoms with Gasteiger partial charge in [0.1, 0.15) is 0 Å². The largest absolute Gasteiger partial charge is 0.493 e. The molecule has 0 aliphatic heterocycles. The second-order valence-corrected chi connectivity index (χ2v) is 8.32. The first-order valence-corrected chi connectivity index (χ1v) is 11.5. The molecule has 2 heterocycles. The van der Waals surface area contributed by atoms with Gasteiger partial charge in [0.15, 0.2) is 22.3 Å². The molecule has 1 amide bonds. The molecule has 1 N–H and O–H groups in total. The standard InChI is InChI=1S/C24H24N6O3S/c1-15-12-16(2)26-24(25-15)34-14-19-22(28-29-30(19)18-8-6-5-7-9-18)23(31)27-17-10-11-20(32-3)21(13-17)33-4/h5-13H,14H2,1-4H3,(H,27,31). The van der Waals surface area contributed by atoms with Gasteiger partial charge >= 0.3 is 0 Å². The van der Waals surface area contributed by atoms with E-state index in [2.05, 4.69) is 25.6 Å². The van der Waals surface area contributed by atoms with Crippen LogP contribution in [0.25, 0.3) is 5.69 Å². The number of nitrogens with zero attached hydrogens (tertiary/aromatic N) is 5. The second-order valence-electron chi connectivity index (χ2n) is 7.38. The number of aryl methyl sites for hydroxylation is 2. The van der Waals surface area contributed by atoms with E-state index >= 15 is 0 Å². The smallest absolute Gasteiger partial charge is 0.278 e. The summed E-state index contributed by atoms with van der Waals surface area (Å²) >= 11 is 1.42. The second kappa shape index (κ2) is 10.3. The van der Waals surface area contributed by atoms with E-state index in [4.69, 9.17) is 9.47 Å². The summed E-state index contributed by atoms with van der Waals surface area (Å²) in [7, 11) is 3.10. The van der Waals surface area contributed by atoms with Crippen molar-refractivity contribution in [2.75, 3.05) is 19.5 Å². The van der Waals surface area contributed by atoms with E-state index in [0.717, 1.165) is 17.1 Å². The van der Waals surface area contributed by atoms with Gasteiger partial charge in [-0.2, -0.15) is 0 Å². The maximum atomic E-state index is 13.2. The molecule has 0 aliphatic carbocycles. The van der Waals surface area contributed by atoms with E-state index in [1.807, 2.05) is 50.2 Å². The lowest BCUT2D eigenvalue weighted by molar-refractivity contribution is 0.102. The highest BCUT2D eigenvalue weighted by atomic mass is 32.2. The molecule has 0 spiro atoms. The van der Waals surface area contributed by atoms with Crippen LogP contribution >= 0.6 is 11.8 Å². The third-order valence-corrected chi connectivity index (χ3v) is 5.78. The number of thioether (sulfide) groups is 1. The maximum absolute atomic E-state index is 13.2. The number of carbonyl (C=O) groups excluding carboxylic acids is 1. The lowest BCUT2D eigenvalue weighted by Crippen LogP contribution is -2.15. The topological polar surface area (TPSA) is 104 Å². The number of hydrogen-bond acceptors (Lipinski definition) is 8. The van der Waals surface area contributed by atoms with Crippen LogP contribution in [0.3, 0.4) is 0 Å². The van der Waals surface area contributed by atoms with Crippen molar-refractivity contribution in [2.24, 2.45) is 0 Å². The molecule has 4 aromatic rings. The molecule has 0 bridgehead atoms. The Balaban J connectivity index is 1.65. The Morgan fingerprint density at radius 3 is 2.35 bits per heavy atom. The average molecular weight is 477 g/mol. The lowest BCUT2D eigenvalue weighted by atomic mass is 10.2. The van der Waals surface area contributed by atoms with Crippen molar-refractivity contribution in [3.05, 3.63) is 77.4 Å². The Labute approximate surface area is 201 Å². The molecule has 4 rings (SSSR count). The van der Waals surface area contributed by atoms with Gasteiger partial charge in [-0.15, -0.1) is 5.10 Å². The van der Waals surface area contributed by atoms with E-state index in [-0.39, 0.29) is 11.6 Å². The first-order valence-electron chi connectivity index (χ1n) is 10.5. The molecule has 0 saturated carbocycles. The van der Waals surface area contributed by atoms with Crippen molar-refractivity contribution in [1.29, 1.82) is 0 Å². The predicted molar refractivity (Wildman–Crippen MR) is 130 cm³/mol. The molecule has 0 aliphatic rings. The number of benzene rings is 2. The molecule has 2 aromatic carbocycles. The Hall–Kier alpha value is -3.92. The molecule has 2 aromatic heterocycles. The van der Waals surface area contributed by atoms with Gasteiger partial charge in [0, 0.05) is 28.9 Å². The van der Waals surface area contributed by atoms with Crippen LogP contribution in [-0.4, -0.2) is 45.1 Å². The fourth-order valence-corrected chi connectivity index (χ4v) is 4.32. The number of anilines is 1. The molecular formula is C24H24N6O3S. The van der Waals surface area contributed by atoms with Crippen LogP contribution in [0, 0.1) is 13.8 Å². The highest BCUT2D eigenvalue weighted by Crippen LogP contribution is 2.30. The minimum atomic E-state index is -0.383. The van der Waals surface area contributed by atoms with Crippen molar-refractivity contribution < 1.29 is 14.3 Å². The Morgan fingerprint density at radius 2 is 1.68 bits per heavy atom. The van der Waals surface area contributed by atoms with E-state index in [9.17, 15) is 4.79 Å². The molecule has 34 heavy (non-hydrogen) atoms. The highest BCUT2D eigenvalue weighted by molar-refractivity contribution is 7.98. The third kappa shape index (κ3) is 5.18. The van der Waals surface area contributed by atoms with E-state index < -0.39 is 0 Å².